The van der Waals surface area contributed by atoms with Crippen LogP contribution >= 0.6 is 0 Å². The number of aromatic nitrogens is 1. The predicted octanol–water partition coefficient (Wildman–Crippen LogP) is 2.21. The molecule has 0 unspecified atom stereocenters. The molecule has 1 saturated heterocycles. The Balaban J connectivity index is 1.60. The third kappa shape index (κ3) is 4.49. The fourth-order valence-corrected chi connectivity index (χ4v) is 2.95. The van der Waals surface area contributed by atoms with Gasteiger partial charge in [0, 0.05) is 50.6 Å². The maximum Gasteiger partial charge on any atom is 0.257 e. The first-order chi connectivity index (χ1) is 12.9. The Morgan fingerprint density at radius 3 is 2.04 bits per heavy atom. The molecule has 7 heteroatoms. The molecule has 7 nitrogen and oxygen atoms in total. The molecule has 0 aliphatic carbocycles. The number of anilines is 2. The number of hydrogen-bond donors (Lipinski definition) is 1. The van der Waals surface area contributed by atoms with Crippen molar-refractivity contribution in [3.8, 4) is 0 Å². The van der Waals surface area contributed by atoms with Crippen LogP contribution in [0, 0.1) is 0 Å². The Hall–Kier alpha value is -3.22. The van der Waals surface area contributed by atoms with Crippen molar-refractivity contribution in [3.63, 3.8) is 0 Å². The van der Waals surface area contributed by atoms with Crippen LogP contribution in [0.3, 0.4) is 0 Å². The Labute approximate surface area is 158 Å². The number of nitrogens with one attached hydrogen (secondary N) is 1. The number of benzene rings is 1. The molecule has 3 rings (SSSR count). The van der Waals surface area contributed by atoms with E-state index in [4.69, 9.17) is 0 Å². The van der Waals surface area contributed by atoms with E-state index < -0.39 is 0 Å². The predicted molar refractivity (Wildman–Crippen MR) is 103 cm³/mol. The SMILES string of the molecule is CC(=O)c1ccc(NC(=O)c2ccc(N3CCN(C(C)=O)CC3)nc2)cc1. The molecule has 1 aliphatic rings. The number of rotatable bonds is 4. The van der Waals surface area contributed by atoms with Crippen LogP contribution in [0.5, 0.6) is 0 Å². The molecule has 1 N–H and O–H groups in total. The summed E-state index contributed by atoms with van der Waals surface area (Å²) in [6.07, 6.45) is 1.55. The zero-order chi connectivity index (χ0) is 19.4. The normalized spacial score (nSPS) is 14.0. The number of piperazine rings is 1. The second kappa shape index (κ2) is 7.99. The highest BCUT2D eigenvalue weighted by Gasteiger charge is 2.19. The molecule has 2 aromatic rings. The first-order valence-electron chi connectivity index (χ1n) is 8.83. The van der Waals surface area contributed by atoms with Crippen molar-refractivity contribution in [2.24, 2.45) is 0 Å². The Morgan fingerprint density at radius 1 is 0.889 bits per heavy atom. The van der Waals surface area contributed by atoms with Crippen molar-refractivity contribution >= 4 is 29.1 Å². The number of Topliss-reactive ketones (excluding diaryl/α,β-unsaturated/α-hetero) is 1. The van der Waals surface area contributed by atoms with E-state index in [2.05, 4.69) is 15.2 Å². The highest BCUT2D eigenvalue weighted by atomic mass is 16.2. The van der Waals surface area contributed by atoms with Gasteiger partial charge in [0.15, 0.2) is 5.78 Å². The zero-order valence-electron chi connectivity index (χ0n) is 15.4. The first-order valence-corrected chi connectivity index (χ1v) is 8.83. The summed E-state index contributed by atoms with van der Waals surface area (Å²) in [6, 6.07) is 10.3. The van der Waals surface area contributed by atoms with Gasteiger partial charge in [-0.25, -0.2) is 4.98 Å². The van der Waals surface area contributed by atoms with Crippen molar-refractivity contribution < 1.29 is 14.4 Å². The lowest BCUT2D eigenvalue weighted by Gasteiger charge is -2.34. The molecule has 140 valence electrons. The van der Waals surface area contributed by atoms with E-state index in [1.54, 1.807) is 43.5 Å². The summed E-state index contributed by atoms with van der Waals surface area (Å²) in [5.41, 5.74) is 1.68. The van der Waals surface area contributed by atoms with Crippen molar-refractivity contribution in [1.82, 2.24) is 9.88 Å². The lowest BCUT2D eigenvalue weighted by Crippen LogP contribution is -2.48. The second-order valence-corrected chi connectivity index (χ2v) is 6.49. The van der Waals surface area contributed by atoms with Gasteiger partial charge in [0.1, 0.15) is 5.82 Å². The molecule has 1 fully saturated rings. The molecule has 1 aromatic carbocycles. The smallest absolute Gasteiger partial charge is 0.257 e. The van der Waals surface area contributed by atoms with Gasteiger partial charge in [0.05, 0.1) is 5.56 Å². The van der Waals surface area contributed by atoms with E-state index >= 15 is 0 Å². The number of hydrogen-bond acceptors (Lipinski definition) is 5. The lowest BCUT2D eigenvalue weighted by atomic mass is 10.1. The molecule has 0 atom stereocenters. The summed E-state index contributed by atoms with van der Waals surface area (Å²) in [5, 5.41) is 2.79. The van der Waals surface area contributed by atoms with Crippen LogP contribution in [0.1, 0.15) is 34.6 Å². The van der Waals surface area contributed by atoms with Gasteiger partial charge in [-0.3, -0.25) is 14.4 Å². The van der Waals surface area contributed by atoms with E-state index in [0.717, 1.165) is 18.9 Å². The van der Waals surface area contributed by atoms with Gasteiger partial charge in [0.25, 0.3) is 5.91 Å². The highest BCUT2D eigenvalue weighted by molar-refractivity contribution is 6.04. The van der Waals surface area contributed by atoms with Crippen LogP contribution in [-0.2, 0) is 4.79 Å². The number of amides is 2. The Kier molecular flexibility index (Phi) is 5.49. The minimum Gasteiger partial charge on any atom is -0.353 e. The molecular formula is C20H22N4O3. The first kappa shape index (κ1) is 18.6. The highest BCUT2D eigenvalue weighted by Crippen LogP contribution is 2.16. The topological polar surface area (TPSA) is 82.6 Å². The summed E-state index contributed by atoms with van der Waals surface area (Å²) in [4.78, 5) is 43.4. The number of pyridine rings is 1. The zero-order valence-corrected chi connectivity index (χ0v) is 15.4. The van der Waals surface area contributed by atoms with Crippen molar-refractivity contribution in [2.45, 2.75) is 13.8 Å². The fourth-order valence-electron chi connectivity index (χ4n) is 2.95. The fraction of sp³-hybridized carbons (Fsp3) is 0.300. The summed E-state index contributed by atoms with van der Waals surface area (Å²) in [7, 11) is 0. The van der Waals surface area contributed by atoms with E-state index in [-0.39, 0.29) is 17.6 Å². The van der Waals surface area contributed by atoms with Crippen LogP contribution in [0.4, 0.5) is 11.5 Å². The van der Waals surface area contributed by atoms with E-state index in [1.807, 2.05) is 11.0 Å². The summed E-state index contributed by atoms with van der Waals surface area (Å²) >= 11 is 0. The van der Waals surface area contributed by atoms with Gasteiger partial charge >= 0.3 is 0 Å². The van der Waals surface area contributed by atoms with E-state index in [0.29, 0.717) is 29.9 Å². The minimum absolute atomic E-state index is 0.0169. The molecule has 0 saturated carbocycles. The van der Waals surface area contributed by atoms with Crippen LogP contribution in [0.25, 0.3) is 0 Å². The average Bonchev–Trinajstić information content (AvgIpc) is 2.68. The van der Waals surface area contributed by atoms with Crippen LogP contribution in [0.15, 0.2) is 42.6 Å². The van der Waals surface area contributed by atoms with Gasteiger partial charge in [-0.15, -0.1) is 0 Å². The van der Waals surface area contributed by atoms with Gasteiger partial charge in [-0.1, -0.05) is 0 Å². The molecule has 1 aliphatic heterocycles. The monoisotopic (exact) mass is 366 g/mol. The van der Waals surface area contributed by atoms with Gasteiger partial charge in [-0.2, -0.15) is 0 Å². The molecule has 0 spiro atoms. The third-order valence-corrected chi connectivity index (χ3v) is 4.61. The van der Waals surface area contributed by atoms with Crippen molar-refractivity contribution in [3.05, 3.63) is 53.7 Å². The number of carbonyl (C=O) groups is 3. The van der Waals surface area contributed by atoms with Crippen molar-refractivity contribution in [2.75, 3.05) is 36.4 Å². The minimum atomic E-state index is -0.258. The van der Waals surface area contributed by atoms with Gasteiger partial charge < -0.3 is 15.1 Å². The third-order valence-electron chi connectivity index (χ3n) is 4.61. The molecule has 27 heavy (non-hydrogen) atoms. The Bertz CT molecular complexity index is 839. The van der Waals surface area contributed by atoms with Crippen molar-refractivity contribution in [1.29, 1.82) is 0 Å². The summed E-state index contributed by atoms with van der Waals surface area (Å²) < 4.78 is 0. The van der Waals surface area contributed by atoms with Crippen LogP contribution < -0.4 is 10.2 Å². The van der Waals surface area contributed by atoms with Crippen LogP contribution in [-0.4, -0.2) is 53.7 Å². The maximum absolute atomic E-state index is 12.4. The molecule has 1 aromatic heterocycles. The number of carbonyl (C=O) groups excluding carboxylic acids is 3. The van der Waals surface area contributed by atoms with Crippen LogP contribution in [0.2, 0.25) is 0 Å². The largest absolute Gasteiger partial charge is 0.353 e. The average molecular weight is 366 g/mol. The molecule has 2 heterocycles. The molecular weight excluding hydrogens is 344 g/mol. The van der Waals surface area contributed by atoms with E-state index in [1.165, 1.54) is 6.92 Å². The summed E-state index contributed by atoms with van der Waals surface area (Å²) in [6.45, 7) is 5.88. The molecule has 0 bridgehead atoms. The van der Waals surface area contributed by atoms with Gasteiger partial charge in [-0.05, 0) is 43.3 Å². The molecule has 0 radical (unpaired) electrons. The number of nitrogens with zero attached hydrogens (tertiary/aromatic N) is 3. The number of ketones is 1. The Morgan fingerprint density at radius 2 is 1.52 bits per heavy atom. The maximum atomic E-state index is 12.4. The van der Waals surface area contributed by atoms with E-state index in [9.17, 15) is 14.4 Å². The second-order valence-electron chi connectivity index (χ2n) is 6.49. The molecule has 2 amide bonds. The lowest BCUT2D eigenvalue weighted by molar-refractivity contribution is -0.129. The standard InChI is InChI=1S/C20H22N4O3/c1-14(25)16-3-6-18(7-4-16)22-20(27)17-5-8-19(21-13-17)24-11-9-23(10-12-24)15(2)26/h3-8,13H,9-12H2,1-2H3,(H,22,27). The van der Waals surface area contributed by atoms with Gasteiger partial charge in [0.2, 0.25) is 5.91 Å². The quantitative estimate of drug-likeness (QED) is 0.839. The summed E-state index contributed by atoms with van der Waals surface area (Å²) in [5.74, 6) is 0.606.